The van der Waals surface area contributed by atoms with E-state index in [2.05, 4.69) is 20.7 Å². The molecule has 0 bridgehead atoms. The summed E-state index contributed by atoms with van der Waals surface area (Å²) in [6.07, 6.45) is 0.785. The van der Waals surface area contributed by atoms with Gasteiger partial charge in [0, 0.05) is 15.8 Å². The fourth-order valence-electron chi connectivity index (χ4n) is 2.97. The zero-order valence-corrected chi connectivity index (χ0v) is 20.3. The van der Waals surface area contributed by atoms with Crippen molar-refractivity contribution in [2.24, 2.45) is 11.8 Å². The molecule has 0 aliphatic rings. The van der Waals surface area contributed by atoms with E-state index in [-0.39, 0.29) is 11.9 Å². The van der Waals surface area contributed by atoms with E-state index in [1.54, 1.807) is 6.92 Å². The van der Waals surface area contributed by atoms with Gasteiger partial charge in [-0.1, -0.05) is 37.9 Å². The number of halogens is 2. The van der Waals surface area contributed by atoms with Crippen molar-refractivity contribution in [3.63, 3.8) is 0 Å². The zero-order valence-electron chi connectivity index (χ0n) is 17.2. The van der Waals surface area contributed by atoms with E-state index in [0.29, 0.717) is 11.6 Å². The summed E-state index contributed by atoms with van der Waals surface area (Å²) in [4.78, 5) is 12.9. The van der Waals surface area contributed by atoms with Crippen LogP contribution >= 0.6 is 27.5 Å². The fourth-order valence-corrected chi connectivity index (χ4v) is 4.33. The van der Waals surface area contributed by atoms with Crippen LogP contribution in [-0.2, 0) is 26.4 Å². The Hall–Kier alpha value is -0.270. The van der Waals surface area contributed by atoms with Gasteiger partial charge in [0.05, 0.1) is 23.1 Å². The zero-order chi connectivity index (χ0) is 21.0. The van der Waals surface area contributed by atoms with E-state index in [0.717, 1.165) is 16.5 Å². The maximum atomic E-state index is 13.0. The van der Waals surface area contributed by atoms with Crippen LogP contribution in [0.4, 0.5) is 0 Å². The second kappa shape index (κ2) is 9.97. The number of carbonyl (C=O) groups excluding carboxylic acids is 1. The third-order valence-corrected chi connectivity index (χ3v) is 7.71. The standard InChI is InChI=1S/C20H31BrClNO3S/c1-8-13(3)17(18(24)26-9-2)20(7,23-27(25)19(4,5)6)14-10-11-15(21)16(22)12-14/h10-13,17,23H,8-9H2,1-7H3/t13?,17?,20?,27-/m0/s1. The summed E-state index contributed by atoms with van der Waals surface area (Å²) in [7, 11) is 0. The van der Waals surface area contributed by atoms with Gasteiger partial charge >= 0.3 is 5.97 Å². The summed E-state index contributed by atoms with van der Waals surface area (Å²) in [5.41, 5.74) is -0.115. The summed E-state index contributed by atoms with van der Waals surface area (Å²) in [6, 6.07) is 5.56. The first-order chi connectivity index (χ1) is 12.4. The van der Waals surface area contributed by atoms with Crippen LogP contribution in [-0.4, -0.2) is 21.9 Å². The van der Waals surface area contributed by atoms with Gasteiger partial charge in [-0.15, -0.1) is 4.72 Å². The number of carbonyl (C=O) groups is 1. The summed E-state index contributed by atoms with van der Waals surface area (Å²) in [5, 5.41) is 0.536. The van der Waals surface area contributed by atoms with E-state index in [1.807, 2.05) is 59.7 Å². The van der Waals surface area contributed by atoms with Crippen LogP contribution in [0, 0.1) is 11.8 Å². The first kappa shape index (κ1) is 24.8. The van der Waals surface area contributed by atoms with Crippen molar-refractivity contribution in [1.29, 1.82) is 0 Å². The molecule has 0 aliphatic carbocycles. The summed E-state index contributed by atoms with van der Waals surface area (Å²) >= 11 is 8.36. The largest absolute Gasteiger partial charge is 0.598 e. The quantitative estimate of drug-likeness (QED) is 0.389. The van der Waals surface area contributed by atoms with E-state index in [9.17, 15) is 9.35 Å². The van der Waals surface area contributed by atoms with E-state index < -0.39 is 27.6 Å². The molecular formula is C20H31BrClNO3S. The van der Waals surface area contributed by atoms with Crippen molar-refractivity contribution < 1.29 is 14.1 Å². The Bertz CT molecular complexity index is 653. The van der Waals surface area contributed by atoms with E-state index in [1.165, 1.54) is 0 Å². The molecule has 0 radical (unpaired) electrons. The maximum Gasteiger partial charge on any atom is 0.311 e. The smallest absolute Gasteiger partial charge is 0.311 e. The molecule has 4 atom stereocenters. The Morgan fingerprint density at radius 1 is 1.33 bits per heavy atom. The Morgan fingerprint density at radius 3 is 2.37 bits per heavy atom. The molecule has 0 spiro atoms. The molecule has 1 aromatic carbocycles. The predicted molar refractivity (Wildman–Crippen MR) is 117 cm³/mol. The number of hydrogen-bond donors (Lipinski definition) is 1. The van der Waals surface area contributed by atoms with E-state index in [4.69, 9.17) is 16.3 Å². The second-order valence-corrected chi connectivity index (χ2v) is 11.2. The third-order valence-electron chi connectivity index (χ3n) is 4.76. The minimum Gasteiger partial charge on any atom is -0.598 e. The van der Waals surface area contributed by atoms with Gasteiger partial charge in [0.1, 0.15) is 4.75 Å². The van der Waals surface area contributed by atoms with Crippen LogP contribution in [0.15, 0.2) is 22.7 Å². The van der Waals surface area contributed by atoms with Crippen molar-refractivity contribution in [2.75, 3.05) is 6.61 Å². The lowest BCUT2D eigenvalue weighted by atomic mass is 9.73. The fraction of sp³-hybridized carbons (Fsp3) is 0.650. The van der Waals surface area contributed by atoms with Crippen molar-refractivity contribution in [3.05, 3.63) is 33.3 Å². The van der Waals surface area contributed by atoms with Crippen LogP contribution in [0.3, 0.4) is 0 Å². The molecule has 7 heteroatoms. The average molecular weight is 481 g/mol. The van der Waals surface area contributed by atoms with Crippen LogP contribution in [0.2, 0.25) is 5.02 Å². The molecule has 0 aliphatic heterocycles. The molecule has 4 nitrogen and oxygen atoms in total. The third kappa shape index (κ3) is 6.10. The van der Waals surface area contributed by atoms with Crippen molar-refractivity contribution in [1.82, 2.24) is 4.72 Å². The molecule has 3 unspecified atom stereocenters. The first-order valence-electron chi connectivity index (χ1n) is 9.20. The molecule has 154 valence electrons. The molecule has 1 N–H and O–H groups in total. The minimum atomic E-state index is -1.39. The lowest BCUT2D eigenvalue weighted by Crippen LogP contribution is -2.57. The lowest BCUT2D eigenvalue weighted by Gasteiger charge is -2.41. The maximum absolute atomic E-state index is 13.0. The van der Waals surface area contributed by atoms with Crippen molar-refractivity contribution in [3.8, 4) is 0 Å². The summed E-state index contributed by atoms with van der Waals surface area (Å²) < 4.78 is 21.9. The SMILES string of the molecule is CCOC(=O)C(C(C)CC)C(C)(N[S@@+]([O-])C(C)(C)C)c1ccc(Br)c(Cl)c1. The Labute approximate surface area is 180 Å². The van der Waals surface area contributed by atoms with Gasteiger partial charge in [-0.2, -0.15) is 0 Å². The second-order valence-electron chi connectivity index (χ2n) is 7.93. The van der Waals surface area contributed by atoms with Crippen LogP contribution < -0.4 is 4.72 Å². The minimum absolute atomic E-state index is 0.0148. The lowest BCUT2D eigenvalue weighted by molar-refractivity contribution is -0.153. The van der Waals surface area contributed by atoms with Gasteiger partial charge < -0.3 is 9.29 Å². The number of ether oxygens (including phenoxy) is 1. The highest BCUT2D eigenvalue weighted by Crippen LogP contribution is 2.40. The van der Waals surface area contributed by atoms with Gasteiger partial charge in [-0.05, 0) is 74.2 Å². The highest BCUT2D eigenvalue weighted by molar-refractivity contribution is 9.10. The van der Waals surface area contributed by atoms with Gasteiger partial charge in [0.25, 0.3) is 0 Å². The van der Waals surface area contributed by atoms with Crippen molar-refractivity contribution >= 4 is 44.9 Å². The Morgan fingerprint density at radius 2 is 1.93 bits per heavy atom. The monoisotopic (exact) mass is 479 g/mol. The van der Waals surface area contributed by atoms with Gasteiger partial charge in [0.15, 0.2) is 0 Å². The molecule has 1 aromatic rings. The van der Waals surface area contributed by atoms with Gasteiger partial charge in [-0.25, -0.2) is 0 Å². The van der Waals surface area contributed by atoms with Gasteiger partial charge in [-0.3, -0.25) is 4.79 Å². The van der Waals surface area contributed by atoms with Crippen molar-refractivity contribution in [2.45, 2.75) is 65.2 Å². The van der Waals surface area contributed by atoms with Crippen LogP contribution in [0.1, 0.15) is 60.5 Å². The van der Waals surface area contributed by atoms with Gasteiger partial charge in [0.2, 0.25) is 0 Å². The first-order valence-corrected chi connectivity index (χ1v) is 11.5. The normalized spacial score (nSPS) is 17.7. The summed E-state index contributed by atoms with van der Waals surface area (Å²) in [6.45, 7) is 13.7. The van der Waals surface area contributed by atoms with Crippen LogP contribution in [0.25, 0.3) is 0 Å². The number of benzene rings is 1. The topological polar surface area (TPSA) is 61.4 Å². The molecule has 0 fully saturated rings. The molecule has 0 saturated heterocycles. The number of nitrogens with one attached hydrogen (secondary N) is 1. The number of rotatable bonds is 8. The summed E-state index contributed by atoms with van der Waals surface area (Å²) in [5.74, 6) is -0.807. The molecule has 0 amide bonds. The average Bonchev–Trinajstić information content (AvgIpc) is 2.56. The highest BCUT2D eigenvalue weighted by atomic mass is 79.9. The molecule has 0 aromatic heterocycles. The van der Waals surface area contributed by atoms with E-state index >= 15 is 0 Å². The Kier molecular flexibility index (Phi) is 9.14. The highest BCUT2D eigenvalue weighted by Gasteiger charge is 2.49. The molecule has 0 heterocycles. The molecule has 0 saturated carbocycles. The molecule has 1 rings (SSSR count). The predicted octanol–water partition coefficient (Wildman–Crippen LogP) is 5.59. The Balaban J connectivity index is 3.57. The van der Waals surface area contributed by atoms with Crippen LogP contribution in [0.5, 0.6) is 0 Å². The number of esters is 1. The molecule has 27 heavy (non-hydrogen) atoms. The number of hydrogen-bond acceptors (Lipinski definition) is 4. The molecular weight excluding hydrogens is 450 g/mol.